The molecule has 0 aliphatic carbocycles. The lowest BCUT2D eigenvalue weighted by atomic mass is 10.0. The van der Waals surface area contributed by atoms with Crippen molar-refractivity contribution in [1.82, 2.24) is 4.90 Å². The number of hydrogen-bond acceptors (Lipinski definition) is 1. The molecule has 0 aliphatic heterocycles. The van der Waals surface area contributed by atoms with Gasteiger partial charge in [-0.2, -0.15) is 0 Å². The van der Waals surface area contributed by atoms with Crippen LogP contribution in [0.1, 0.15) is 226 Å². The van der Waals surface area contributed by atoms with E-state index in [1.165, 1.54) is 225 Å². The van der Waals surface area contributed by atoms with Gasteiger partial charge in [-0.25, -0.2) is 0 Å². The average Bonchev–Trinajstić information content (AvgIpc) is 2.95. The average molecular weight is 550 g/mol. The summed E-state index contributed by atoms with van der Waals surface area (Å²) in [6.07, 6.45) is 46.9. The Morgan fingerprint density at radius 3 is 0.590 bits per heavy atom. The van der Waals surface area contributed by atoms with Gasteiger partial charge in [0.2, 0.25) is 0 Å². The first kappa shape index (κ1) is 39.0. The van der Waals surface area contributed by atoms with Crippen LogP contribution >= 0.6 is 0 Å². The fourth-order valence-electron chi connectivity index (χ4n) is 6.20. The highest BCUT2D eigenvalue weighted by molar-refractivity contribution is 4.58. The lowest BCUT2D eigenvalue weighted by molar-refractivity contribution is 0.273. The summed E-state index contributed by atoms with van der Waals surface area (Å²) >= 11 is 0. The summed E-state index contributed by atoms with van der Waals surface area (Å²) in [5, 5.41) is 0. The van der Waals surface area contributed by atoms with Crippen molar-refractivity contribution in [2.45, 2.75) is 226 Å². The monoisotopic (exact) mass is 550 g/mol. The van der Waals surface area contributed by atoms with E-state index in [4.69, 9.17) is 0 Å². The summed E-state index contributed by atoms with van der Waals surface area (Å²) in [6, 6.07) is 0. The van der Waals surface area contributed by atoms with Gasteiger partial charge in [0.25, 0.3) is 0 Å². The number of rotatable bonds is 35. The molecule has 1 nitrogen and oxygen atoms in total. The van der Waals surface area contributed by atoms with Crippen molar-refractivity contribution < 1.29 is 0 Å². The van der Waals surface area contributed by atoms with Crippen molar-refractivity contribution in [3.8, 4) is 0 Å². The predicted octanol–water partition coefficient (Wildman–Crippen LogP) is 13.8. The molecule has 0 saturated heterocycles. The number of nitrogens with zero attached hydrogens (tertiary/aromatic N) is 1. The van der Waals surface area contributed by atoms with Gasteiger partial charge in [0.15, 0.2) is 0 Å². The fraction of sp³-hybridized carbons (Fsp3) is 1.00. The highest BCUT2D eigenvalue weighted by Gasteiger charge is 2.02. The molecule has 1 heteroatoms. The maximum Gasteiger partial charge on any atom is -0.00189 e. The van der Waals surface area contributed by atoms with E-state index in [1.807, 2.05) is 0 Å². The van der Waals surface area contributed by atoms with E-state index in [0.717, 1.165) is 0 Å². The molecule has 0 aliphatic rings. The van der Waals surface area contributed by atoms with Crippen molar-refractivity contribution in [3.05, 3.63) is 0 Å². The Kier molecular flexibility index (Phi) is 35.9. The molecule has 0 saturated carbocycles. The Morgan fingerprint density at radius 2 is 0.410 bits per heavy atom. The third-order valence-corrected chi connectivity index (χ3v) is 9.10. The van der Waals surface area contributed by atoms with Crippen LogP contribution < -0.4 is 0 Å². The third-order valence-electron chi connectivity index (χ3n) is 9.10. The van der Waals surface area contributed by atoms with E-state index < -0.39 is 0 Å². The van der Waals surface area contributed by atoms with Gasteiger partial charge in [0.1, 0.15) is 0 Å². The molecule has 0 N–H and O–H groups in total. The minimum absolute atomic E-state index is 1.25. The van der Waals surface area contributed by atoms with Crippen LogP contribution in [0.25, 0.3) is 0 Å². The summed E-state index contributed by atoms with van der Waals surface area (Å²) in [5.74, 6) is 0. The normalized spacial score (nSPS) is 11.7. The van der Waals surface area contributed by atoms with Crippen molar-refractivity contribution in [2.24, 2.45) is 0 Å². The van der Waals surface area contributed by atoms with Crippen LogP contribution in [0.5, 0.6) is 0 Å². The van der Waals surface area contributed by atoms with Crippen LogP contribution in [-0.2, 0) is 0 Å². The minimum atomic E-state index is 1.25. The lowest BCUT2D eigenvalue weighted by Gasteiger charge is -2.20. The van der Waals surface area contributed by atoms with Gasteiger partial charge in [0, 0.05) is 0 Å². The third kappa shape index (κ3) is 34.1. The molecular weight excluding hydrogens is 470 g/mol. The second kappa shape index (κ2) is 36.0. The Hall–Kier alpha value is -0.0400. The molecule has 0 spiro atoms. The van der Waals surface area contributed by atoms with E-state index >= 15 is 0 Å². The zero-order chi connectivity index (χ0) is 28.3. The van der Waals surface area contributed by atoms with Crippen LogP contribution in [0, 0.1) is 0 Å². The molecule has 0 aromatic heterocycles. The second-order valence-electron chi connectivity index (χ2n) is 13.0. The number of unbranched alkanes of at least 4 members (excludes halogenated alkanes) is 30. The molecule has 236 valence electrons. The molecule has 0 fully saturated rings. The molecule has 0 aromatic rings. The zero-order valence-electron chi connectivity index (χ0n) is 28.2. The van der Waals surface area contributed by atoms with Crippen LogP contribution in [-0.4, -0.2) is 24.5 Å². The van der Waals surface area contributed by atoms with E-state index in [2.05, 4.69) is 25.7 Å². The highest BCUT2D eigenvalue weighted by Crippen LogP contribution is 2.15. The second-order valence-corrected chi connectivity index (χ2v) is 13.0. The quantitative estimate of drug-likeness (QED) is 0.0710. The molecule has 0 aromatic carbocycles. The largest absolute Gasteiger partial charge is 0.304 e. The first-order chi connectivity index (χ1) is 19.3. The standard InChI is InChI=1S/C38H79N/c1-4-7-9-11-13-15-17-19-20-21-22-23-24-25-26-28-30-32-34-36-38-39(6-3)37-35-33-31-29-27-18-16-14-12-10-8-5-2/h4-38H2,1-3H3. The van der Waals surface area contributed by atoms with Crippen molar-refractivity contribution in [1.29, 1.82) is 0 Å². The lowest BCUT2D eigenvalue weighted by Crippen LogP contribution is -2.25. The summed E-state index contributed by atoms with van der Waals surface area (Å²) in [5.41, 5.74) is 0. The first-order valence-electron chi connectivity index (χ1n) is 19.1. The summed E-state index contributed by atoms with van der Waals surface area (Å²) in [6.45, 7) is 10.9. The van der Waals surface area contributed by atoms with Crippen molar-refractivity contribution in [2.75, 3.05) is 19.6 Å². The number of hydrogen-bond donors (Lipinski definition) is 0. The summed E-state index contributed by atoms with van der Waals surface area (Å²) < 4.78 is 0. The Bertz CT molecular complexity index is 406. The fourth-order valence-corrected chi connectivity index (χ4v) is 6.20. The minimum Gasteiger partial charge on any atom is -0.304 e. The summed E-state index contributed by atoms with van der Waals surface area (Å²) in [4.78, 5) is 2.71. The van der Waals surface area contributed by atoms with Crippen molar-refractivity contribution >= 4 is 0 Å². The maximum absolute atomic E-state index is 2.71. The summed E-state index contributed by atoms with van der Waals surface area (Å²) in [7, 11) is 0. The van der Waals surface area contributed by atoms with E-state index in [9.17, 15) is 0 Å². The van der Waals surface area contributed by atoms with Crippen LogP contribution in [0.2, 0.25) is 0 Å². The molecular formula is C38H79N. The van der Waals surface area contributed by atoms with Gasteiger partial charge >= 0.3 is 0 Å². The van der Waals surface area contributed by atoms with E-state index in [0.29, 0.717) is 0 Å². The molecule has 0 heterocycles. The molecule has 0 rings (SSSR count). The van der Waals surface area contributed by atoms with Crippen LogP contribution in [0.15, 0.2) is 0 Å². The molecule has 0 unspecified atom stereocenters. The van der Waals surface area contributed by atoms with Gasteiger partial charge in [-0.1, -0.05) is 213 Å². The predicted molar refractivity (Wildman–Crippen MR) is 181 cm³/mol. The van der Waals surface area contributed by atoms with Gasteiger partial charge < -0.3 is 4.90 Å². The van der Waals surface area contributed by atoms with Gasteiger partial charge in [-0.05, 0) is 32.5 Å². The van der Waals surface area contributed by atoms with Gasteiger partial charge in [0.05, 0.1) is 0 Å². The molecule has 0 amide bonds. The van der Waals surface area contributed by atoms with Crippen LogP contribution in [0.4, 0.5) is 0 Å². The van der Waals surface area contributed by atoms with Gasteiger partial charge in [-0.3, -0.25) is 0 Å². The SMILES string of the molecule is CCCCCCCCCCCCCCCCCCCCCCN(CC)CCCCCCCCCCCCCC. The zero-order valence-corrected chi connectivity index (χ0v) is 28.2. The molecule has 39 heavy (non-hydrogen) atoms. The maximum atomic E-state index is 2.71. The topological polar surface area (TPSA) is 3.24 Å². The van der Waals surface area contributed by atoms with Crippen molar-refractivity contribution in [3.63, 3.8) is 0 Å². The Labute approximate surface area is 250 Å². The Balaban J connectivity index is 3.23. The van der Waals surface area contributed by atoms with E-state index in [1.54, 1.807) is 0 Å². The molecule has 0 bridgehead atoms. The van der Waals surface area contributed by atoms with Crippen LogP contribution in [0.3, 0.4) is 0 Å². The highest BCUT2D eigenvalue weighted by atomic mass is 15.1. The smallest absolute Gasteiger partial charge is 0.00189 e. The van der Waals surface area contributed by atoms with Gasteiger partial charge in [-0.15, -0.1) is 0 Å². The van der Waals surface area contributed by atoms with E-state index in [-0.39, 0.29) is 0 Å². The first-order valence-corrected chi connectivity index (χ1v) is 19.1. The molecule has 0 atom stereocenters. The Morgan fingerprint density at radius 1 is 0.231 bits per heavy atom. The molecule has 0 radical (unpaired) electrons.